The fourth-order valence-electron chi connectivity index (χ4n) is 2.22. The van der Waals surface area contributed by atoms with Gasteiger partial charge in [0.15, 0.2) is 11.5 Å². The van der Waals surface area contributed by atoms with Crippen LogP contribution in [0, 0.1) is 13.8 Å². The van der Waals surface area contributed by atoms with Crippen LogP contribution in [0.1, 0.15) is 23.9 Å². The van der Waals surface area contributed by atoms with Crippen LogP contribution in [0.25, 0.3) is 0 Å². The average molecular weight is 259 g/mol. The third-order valence-corrected chi connectivity index (χ3v) is 3.29. The van der Waals surface area contributed by atoms with E-state index in [4.69, 9.17) is 9.47 Å². The lowest BCUT2D eigenvalue weighted by atomic mass is 10.2. The first kappa shape index (κ1) is 13.5. The van der Waals surface area contributed by atoms with Crippen molar-refractivity contribution in [3.8, 4) is 11.5 Å². The number of aryl methyl sites for hydroxylation is 2. The fraction of sp³-hybridized carbons (Fsp3) is 0.375. The van der Waals surface area contributed by atoms with E-state index in [0.29, 0.717) is 6.61 Å². The quantitative estimate of drug-likeness (QED) is 0.819. The molecular formula is C16H21NO2. The first-order chi connectivity index (χ1) is 9.15. The minimum Gasteiger partial charge on any atom is -0.493 e. The summed E-state index contributed by atoms with van der Waals surface area (Å²) in [7, 11) is 1.66. The van der Waals surface area contributed by atoms with E-state index in [1.165, 1.54) is 17.0 Å². The molecule has 1 heterocycles. The Kier molecular flexibility index (Phi) is 4.15. The zero-order chi connectivity index (χ0) is 13.8. The van der Waals surface area contributed by atoms with Crippen LogP contribution in [0.15, 0.2) is 30.3 Å². The summed E-state index contributed by atoms with van der Waals surface area (Å²) in [5.41, 5.74) is 3.75. The molecule has 0 saturated heterocycles. The first-order valence-electron chi connectivity index (χ1n) is 6.58. The largest absolute Gasteiger partial charge is 0.493 e. The fourth-order valence-corrected chi connectivity index (χ4v) is 2.22. The lowest BCUT2D eigenvalue weighted by molar-refractivity contribution is 0.310. The van der Waals surface area contributed by atoms with Crippen molar-refractivity contribution >= 4 is 0 Å². The van der Waals surface area contributed by atoms with E-state index in [1.54, 1.807) is 7.11 Å². The van der Waals surface area contributed by atoms with Crippen LogP contribution in [-0.4, -0.2) is 18.3 Å². The van der Waals surface area contributed by atoms with Crippen LogP contribution in [0.5, 0.6) is 11.5 Å². The molecule has 0 radical (unpaired) electrons. The molecule has 0 spiro atoms. The van der Waals surface area contributed by atoms with Gasteiger partial charge in [-0.25, -0.2) is 0 Å². The molecule has 0 fully saturated rings. The van der Waals surface area contributed by atoms with Crippen LogP contribution in [0.4, 0.5) is 0 Å². The summed E-state index contributed by atoms with van der Waals surface area (Å²) < 4.78 is 13.2. The van der Waals surface area contributed by atoms with Gasteiger partial charge in [0.25, 0.3) is 0 Å². The summed E-state index contributed by atoms with van der Waals surface area (Å²) in [6.45, 7) is 7.72. The summed E-state index contributed by atoms with van der Waals surface area (Å²) in [6.07, 6.45) is 0. The molecule has 3 nitrogen and oxygen atoms in total. The van der Waals surface area contributed by atoms with E-state index in [2.05, 4.69) is 42.7 Å². The Balaban J connectivity index is 2.28. The lowest BCUT2D eigenvalue weighted by Crippen LogP contribution is -2.04. The predicted octanol–water partition coefficient (Wildman–Crippen LogP) is 3.56. The zero-order valence-electron chi connectivity index (χ0n) is 12.1. The van der Waals surface area contributed by atoms with Gasteiger partial charge < -0.3 is 14.0 Å². The SMILES string of the molecule is CCOc1cc(Cn2c(C)ccc2C)ccc1OC. The molecule has 0 N–H and O–H groups in total. The second-order valence-corrected chi connectivity index (χ2v) is 4.62. The molecule has 102 valence electrons. The van der Waals surface area contributed by atoms with Crippen molar-refractivity contribution in [3.05, 3.63) is 47.3 Å². The number of aromatic nitrogens is 1. The maximum atomic E-state index is 5.61. The van der Waals surface area contributed by atoms with Crippen molar-refractivity contribution in [2.45, 2.75) is 27.3 Å². The number of ether oxygens (including phenoxy) is 2. The highest BCUT2D eigenvalue weighted by molar-refractivity contribution is 5.43. The number of benzene rings is 1. The lowest BCUT2D eigenvalue weighted by Gasteiger charge is -2.13. The van der Waals surface area contributed by atoms with Crippen LogP contribution < -0.4 is 9.47 Å². The highest BCUT2D eigenvalue weighted by Gasteiger charge is 2.07. The van der Waals surface area contributed by atoms with E-state index in [0.717, 1.165) is 18.0 Å². The van der Waals surface area contributed by atoms with Crippen molar-refractivity contribution in [2.75, 3.05) is 13.7 Å². The Hall–Kier alpha value is -1.90. The third-order valence-electron chi connectivity index (χ3n) is 3.29. The van der Waals surface area contributed by atoms with Gasteiger partial charge in [-0.3, -0.25) is 0 Å². The second kappa shape index (κ2) is 5.83. The van der Waals surface area contributed by atoms with Gasteiger partial charge in [0.05, 0.1) is 13.7 Å². The summed E-state index contributed by atoms with van der Waals surface area (Å²) in [4.78, 5) is 0. The molecule has 1 aromatic carbocycles. The van der Waals surface area contributed by atoms with Gasteiger partial charge in [-0.05, 0) is 50.6 Å². The maximum Gasteiger partial charge on any atom is 0.161 e. The summed E-state index contributed by atoms with van der Waals surface area (Å²) in [5, 5.41) is 0. The number of rotatable bonds is 5. The highest BCUT2D eigenvalue weighted by Crippen LogP contribution is 2.28. The molecule has 0 aliphatic heterocycles. The smallest absolute Gasteiger partial charge is 0.161 e. The highest BCUT2D eigenvalue weighted by atomic mass is 16.5. The Bertz CT molecular complexity index is 538. The summed E-state index contributed by atoms with van der Waals surface area (Å²) >= 11 is 0. The molecule has 2 rings (SSSR count). The number of methoxy groups -OCH3 is 1. The van der Waals surface area contributed by atoms with Gasteiger partial charge in [-0.15, -0.1) is 0 Å². The molecule has 0 atom stereocenters. The monoisotopic (exact) mass is 259 g/mol. The Morgan fingerprint density at radius 1 is 1.00 bits per heavy atom. The van der Waals surface area contributed by atoms with Crippen molar-refractivity contribution in [2.24, 2.45) is 0 Å². The standard InChI is InChI=1S/C16H21NO2/c1-5-19-16-10-14(8-9-15(16)18-4)11-17-12(2)6-7-13(17)3/h6-10H,5,11H2,1-4H3. The molecule has 19 heavy (non-hydrogen) atoms. The van der Waals surface area contributed by atoms with Crippen molar-refractivity contribution in [3.63, 3.8) is 0 Å². The minimum absolute atomic E-state index is 0.640. The van der Waals surface area contributed by atoms with Crippen LogP contribution in [0.2, 0.25) is 0 Å². The number of hydrogen-bond donors (Lipinski definition) is 0. The Morgan fingerprint density at radius 3 is 2.26 bits per heavy atom. The molecule has 2 aromatic rings. The van der Waals surface area contributed by atoms with Gasteiger partial charge in [0.1, 0.15) is 0 Å². The average Bonchev–Trinajstić information content (AvgIpc) is 2.71. The molecule has 0 unspecified atom stereocenters. The Labute approximate surface area is 114 Å². The second-order valence-electron chi connectivity index (χ2n) is 4.62. The van der Waals surface area contributed by atoms with Gasteiger partial charge >= 0.3 is 0 Å². The van der Waals surface area contributed by atoms with Gasteiger partial charge in [0.2, 0.25) is 0 Å². The maximum absolute atomic E-state index is 5.61. The Morgan fingerprint density at radius 2 is 1.68 bits per heavy atom. The van der Waals surface area contributed by atoms with E-state index in [9.17, 15) is 0 Å². The molecule has 1 aromatic heterocycles. The van der Waals surface area contributed by atoms with Crippen LogP contribution in [-0.2, 0) is 6.54 Å². The number of hydrogen-bond acceptors (Lipinski definition) is 2. The molecular weight excluding hydrogens is 238 g/mol. The van der Waals surface area contributed by atoms with E-state index < -0.39 is 0 Å². The molecule has 0 amide bonds. The zero-order valence-corrected chi connectivity index (χ0v) is 12.1. The van der Waals surface area contributed by atoms with Gasteiger partial charge in [-0.1, -0.05) is 6.07 Å². The summed E-state index contributed by atoms with van der Waals surface area (Å²) in [5.74, 6) is 1.59. The molecule has 0 aliphatic rings. The third kappa shape index (κ3) is 2.92. The van der Waals surface area contributed by atoms with Crippen molar-refractivity contribution < 1.29 is 9.47 Å². The van der Waals surface area contributed by atoms with E-state index in [1.807, 2.05) is 13.0 Å². The van der Waals surface area contributed by atoms with Crippen molar-refractivity contribution in [1.82, 2.24) is 4.57 Å². The first-order valence-corrected chi connectivity index (χ1v) is 6.58. The van der Waals surface area contributed by atoms with E-state index in [-0.39, 0.29) is 0 Å². The van der Waals surface area contributed by atoms with Gasteiger partial charge in [-0.2, -0.15) is 0 Å². The molecule has 0 bridgehead atoms. The molecule has 0 aliphatic carbocycles. The summed E-state index contributed by atoms with van der Waals surface area (Å²) in [6, 6.07) is 10.4. The van der Waals surface area contributed by atoms with Crippen molar-refractivity contribution in [1.29, 1.82) is 0 Å². The van der Waals surface area contributed by atoms with Crippen LogP contribution >= 0.6 is 0 Å². The molecule has 3 heteroatoms. The van der Waals surface area contributed by atoms with Crippen LogP contribution in [0.3, 0.4) is 0 Å². The van der Waals surface area contributed by atoms with E-state index >= 15 is 0 Å². The van der Waals surface area contributed by atoms with Gasteiger partial charge in [0, 0.05) is 17.9 Å². The minimum atomic E-state index is 0.640. The normalized spacial score (nSPS) is 10.5. The predicted molar refractivity (Wildman–Crippen MR) is 77.2 cm³/mol. The number of nitrogens with zero attached hydrogens (tertiary/aromatic N) is 1. The topological polar surface area (TPSA) is 23.4 Å². The molecule has 0 saturated carbocycles.